The zero-order chi connectivity index (χ0) is 9.00. The molecule has 0 aromatic carbocycles. The maximum absolute atomic E-state index is 8.88. The van der Waals surface area contributed by atoms with Crippen LogP contribution in [0.4, 0.5) is 0 Å². The molecule has 0 saturated heterocycles. The van der Waals surface area contributed by atoms with Gasteiger partial charge in [-0.05, 0) is 0 Å². The van der Waals surface area contributed by atoms with E-state index in [1.807, 2.05) is 0 Å². The van der Waals surface area contributed by atoms with E-state index in [9.17, 15) is 0 Å². The van der Waals surface area contributed by atoms with Gasteiger partial charge < -0.3 is 56.7 Å². The average molecular weight is 359 g/mol. The van der Waals surface area contributed by atoms with Crippen molar-refractivity contribution in [1.29, 1.82) is 0 Å². The number of phosphoric acid groups is 2. The molecule has 110 valence electrons. The van der Waals surface area contributed by atoms with Crippen molar-refractivity contribution in [3.8, 4) is 0 Å². The fourth-order valence-electron chi connectivity index (χ4n) is 0. The van der Waals surface area contributed by atoms with Crippen LogP contribution in [0.3, 0.4) is 0 Å². The lowest BCUT2D eigenvalue weighted by molar-refractivity contribution is 0.272. The predicted molar refractivity (Wildman–Crippen MR) is 63.9 cm³/mol. The third-order valence-electron chi connectivity index (χ3n) is 0. The van der Waals surface area contributed by atoms with E-state index < -0.39 is 15.6 Å². The number of rotatable bonds is 0. The van der Waals surface area contributed by atoms with Gasteiger partial charge in [-0.3, -0.25) is 0 Å². The van der Waals surface area contributed by atoms with Crippen molar-refractivity contribution in [2.45, 2.75) is 0 Å². The summed E-state index contributed by atoms with van der Waals surface area (Å²) < 4.78 is 17.8. The summed E-state index contributed by atoms with van der Waals surface area (Å²) in [4.78, 5) is 43.1. The molecule has 0 bridgehead atoms. The fraction of sp³-hybridized carbons (Fsp3) is 0. The lowest BCUT2D eigenvalue weighted by Gasteiger charge is -1.82. The Balaban J connectivity index is -0.00000000615. The summed E-state index contributed by atoms with van der Waals surface area (Å²) in [5, 5.41) is 0. The van der Waals surface area contributed by atoms with Crippen LogP contribution in [0.5, 0.6) is 0 Å². The van der Waals surface area contributed by atoms with Crippen LogP contribution >= 0.6 is 15.6 Å². The van der Waals surface area contributed by atoms with Gasteiger partial charge in [-0.25, -0.2) is 9.13 Å². The Morgan fingerprint density at radius 1 is 0.444 bits per heavy atom. The smallest absolute Gasteiger partial charge is 0.412 e. The van der Waals surface area contributed by atoms with Crippen LogP contribution < -0.4 is 0 Å². The Morgan fingerprint density at radius 3 is 0.444 bits per heavy atom. The van der Waals surface area contributed by atoms with E-state index in [-0.39, 0.29) is 96.5 Å². The van der Waals surface area contributed by atoms with Crippen LogP contribution in [-0.4, -0.2) is 126 Å². The van der Waals surface area contributed by atoms with E-state index in [0.717, 1.165) is 0 Å². The van der Waals surface area contributed by atoms with Gasteiger partial charge in [-0.15, -0.1) is 0 Å². The van der Waals surface area contributed by atoms with Crippen LogP contribution in [0.15, 0.2) is 0 Å². The Labute approximate surface area is 149 Å². The Bertz CT molecular complexity index is 133. The van der Waals surface area contributed by atoms with Gasteiger partial charge in [0.15, 0.2) is 0 Å². The third kappa shape index (κ3) is 1020. The molecule has 18 heavy (non-hydrogen) atoms. The van der Waals surface area contributed by atoms with Crippen molar-refractivity contribution < 1.29 is 65.9 Å². The van der Waals surface area contributed by atoms with Crippen LogP contribution in [0.2, 0.25) is 0 Å². The lowest BCUT2D eigenvalue weighted by Crippen LogP contribution is -1.66. The van der Waals surface area contributed by atoms with Crippen molar-refractivity contribution >= 4 is 84.8 Å². The zero-order valence-corrected chi connectivity index (χ0v) is 15.0. The summed E-state index contributed by atoms with van der Waals surface area (Å²) >= 11 is 0. The summed E-state index contributed by atoms with van der Waals surface area (Å²) in [6.07, 6.45) is 0. The highest BCUT2D eigenvalue weighted by molar-refractivity contribution is 7.45. The highest BCUT2D eigenvalue weighted by atomic mass is 31.2. The molecule has 0 fully saturated rings. The summed E-state index contributed by atoms with van der Waals surface area (Å²) in [5.41, 5.74) is 0. The largest absolute Gasteiger partial charge is 0.466 e. The van der Waals surface area contributed by atoms with E-state index >= 15 is 0 Å². The molecule has 6 radical (unpaired) electrons. The molecule has 13 nitrogen and oxygen atoms in total. The first-order valence-corrected chi connectivity index (χ1v) is 4.70. The van der Waals surface area contributed by atoms with E-state index in [1.54, 1.807) is 0 Å². The van der Waals surface area contributed by atoms with Crippen LogP contribution in [-0.2, 0) is 9.13 Å². The third-order valence-corrected chi connectivity index (χ3v) is 0. The number of hydrogen-bond acceptors (Lipinski definition) is 2. The average Bonchev–Trinajstić information content (AvgIpc) is 1.12. The predicted octanol–water partition coefficient (Wildman–Crippen LogP) is -7.12. The standard InChI is InChI=1S/3Mg.2H3O4P.5H2O/c;;;2*1-5(2,3)4;;;;;/h;;;2*(H3,1,2,3,4);5*1H2. The zero-order valence-electron chi connectivity index (χ0n) is 9.02. The maximum atomic E-state index is 8.88. The molecule has 16 N–H and O–H groups in total. The summed E-state index contributed by atoms with van der Waals surface area (Å²) in [6, 6.07) is 0. The van der Waals surface area contributed by atoms with Crippen molar-refractivity contribution in [3.63, 3.8) is 0 Å². The molecule has 0 aliphatic heterocycles. The monoisotopic (exact) mass is 358 g/mol. The molecule has 0 amide bonds. The molecule has 0 atom stereocenters. The molecule has 0 aromatic rings. The highest BCUT2D eigenvalue weighted by Crippen LogP contribution is 2.26. The first-order valence-electron chi connectivity index (χ1n) is 1.57. The van der Waals surface area contributed by atoms with Gasteiger partial charge in [0.25, 0.3) is 0 Å². The molecule has 0 rings (SSSR count). The van der Waals surface area contributed by atoms with Gasteiger partial charge in [0.2, 0.25) is 0 Å². The van der Waals surface area contributed by atoms with E-state index in [2.05, 4.69) is 0 Å². The minimum Gasteiger partial charge on any atom is -0.412 e. The first-order chi connectivity index (χ1) is 4.00. The molecule has 0 unspecified atom stereocenters. The Kier molecular flexibility index (Phi) is 125. The van der Waals surface area contributed by atoms with E-state index in [0.29, 0.717) is 0 Å². The summed E-state index contributed by atoms with van der Waals surface area (Å²) in [7, 11) is -9.28. The van der Waals surface area contributed by atoms with Gasteiger partial charge in [0, 0.05) is 69.2 Å². The minimum atomic E-state index is -4.64. The van der Waals surface area contributed by atoms with Crippen LogP contribution in [0, 0.1) is 0 Å². The second kappa shape index (κ2) is 31.6. The Hall–Kier alpha value is 2.32. The molecule has 0 aromatic heterocycles. The molecule has 18 heteroatoms. The van der Waals surface area contributed by atoms with Gasteiger partial charge in [0.1, 0.15) is 0 Å². The quantitative estimate of drug-likeness (QED) is 0.178. The molecule has 0 aliphatic carbocycles. The van der Waals surface area contributed by atoms with Gasteiger partial charge in [0.05, 0.1) is 0 Å². The van der Waals surface area contributed by atoms with Crippen molar-refractivity contribution in [2.24, 2.45) is 0 Å². The second-order valence-corrected chi connectivity index (χ2v) is 3.08. The molecule has 0 saturated carbocycles. The lowest BCUT2D eigenvalue weighted by atomic mass is 15.8. The summed E-state index contributed by atoms with van der Waals surface area (Å²) in [6.45, 7) is 0. The van der Waals surface area contributed by atoms with E-state index in [4.69, 9.17) is 38.5 Å². The van der Waals surface area contributed by atoms with Crippen molar-refractivity contribution in [1.82, 2.24) is 0 Å². The summed E-state index contributed by atoms with van der Waals surface area (Å²) in [5.74, 6) is 0. The van der Waals surface area contributed by atoms with Crippen LogP contribution in [0.25, 0.3) is 0 Å². The van der Waals surface area contributed by atoms with Crippen molar-refractivity contribution in [3.05, 3.63) is 0 Å². The molecule has 0 aliphatic rings. The van der Waals surface area contributed by atoms with Gasteiger partial charge in [-0.2, -0.15) is 0 Å². The van der Waals surface area contributed by atoms with E-state index in [1.165, 1.54) is 0 Å². The maximum Gasteiger partial charge on any atom is 0.466 e. The van der Waals surface area contributed by atoms with Gasteiger partial charge in [-0.1, -0.05) is 0 Å². The first kappa shape index (κ1) is 71.2. The van der Waals surface area contributed by atoms with Crippen molar-refractivity contribution in [2.75, 3.05) is 0 Å². The number of hydrogen-bond donors (Lipinski definition) is 6. The molecular formula is H16Mg3O13P2. The Morgan fingerprint density at radius 2 is 0.444 bits per heavy atom. The topological polar surface area (TPSA) is 313 Å². The highest BCUT2D eigenvalue weighted by Gasteiger charge is 2.00. The molecule has 0 heterocycles. The molecule has 0 spiro atoms. The van der Waals surface area contributed by atoms with Gasteiger partial charge >= 0.3 is 15.6 Å². The van der Waals surface area contributed by atoms with Crippen LogP contribution in [0.1, 0.15) is 0 Å². The second-order valence-electron chi connectivity index (χ2n) is 1.03. The normalized spacial score (nSPS) is 6.56. The fourth-order valence-corrected chi connectivity index (χ4v) is 0. The molecular weight excluding hydrogens is 343 g/mol. The minimum absolute atomic E-state index is 0. The SMILES string of the molecule is O.O.O.O.O.O=P(O)(O)O.O=P(O)(O)O.[Mg].[Mg].[Mg].